The summed E-state index contributed by atoms with van der Waals surface area (Å²) in [5.74, 6) is 0.0561. The van der Waals surface area contributed by atoms with Crippen LogP contribution in [0.15, 0.2) is 32.9 Å². The molecule has 0 aliphatic carbocycles. The summed E-state index contributed by atoms with van der Waals surface area (Å²) in [6.07, 6.45) is 0. The van der Waals surface area contributed by atoms with Gasteiger partial charge in [0.05, 0.1) is 9.73 Å². The van der Waals surface area contributed by atoms with Crippen molar-refractivity contribution in [2.24, 2.45) is 3.77 Å². The topological polar surface area (TPSA) is 63.6 Å². The minimum absolute atomic E-state index is 0.0561. The summed E-state index contributed by atoms with van der Waals surface area (Å²) in [6, 6.07) is 5.98. The Morgan fingerprint density at radius 2 is 1.69 bits per heavy atom. The molecule has 0 saturated carbocycles. The summed E-state index contributed by atoms with van der Waals surface area (Å²) >= 11 is 5.67. The van der Waals surface area contributed by atoms with E-state index in [1.54, 1.807) is 6.92 Å². The molecule has 0 heterocycles. The van der Waals surface area contributed by atoms with Gasteiger partial charge in [-0.15, -0.1) is 0 Å². The molecule has 0 radical (unpaired) electrons. The van der Waals surface area contributed by atoms with Gasteiger partial charge in [0.1, 0.15) is 0 Å². The lowest BCUT2D eigenvalue weighted by molar-refractivity contribution is 0.611. The van der Waals surface area contributed by atoms with Crippen LogP contribution in [0.5, 0.6) is 0 Å². The van der Waals surface area contributed by atoms with E-state index in [9.17, 15) is 12.6 Å². The fourth-order valence-corrected chi connectivity index (χ4v) is 4.81. The summed E-state index contributed by atoms with van der Waals surface area (Å²) in [5.41, 5.74) is 0. The van der Waals surface area contributed by atoms with E-state index in [2.05, 4.69) is 3.77 Å². The summed E-state index contributed by atoms with van der Waals surface area (Å²) in [6.45, 7) is 1.57. The third-order valence-electron chi connectivity index (χ3n) is 1.78. The van der Waals surface area contributed by atoms with Crippen LogP contribution in [0.2, 0.25) is 5.02 Å². The van der Waals surface area contributed by atoms with E-state index in [0.29, 0.717) is 9.92 Å². The Hall–Kier alpha value is -0.300. The minimum atomic E-state index is -4.16. The number of hydrogen-bond acceptors (Lipinski definition) is 3. The van der Waals surface area contributed by atoms with Gasteiger partial charge in [-0.25, -0.2) is 4.21 Å². The zero-order valence-corrected chi connectivity index (χ0v) is 11.4. The third-order valence-corrected chi connectivity index (χ3v) is 6.01. The molecule has 0 saturated heterocycles. The van der Waals surface area contributed by atoms with Crippen molar-refractivity contribution in [3.05, 3.63) is 29.3 Å². The molecule has 0 bridgehead atoms. The molecule has 0 aliphatic rings. The predicted molar refractivity (Wildman–Crippen MR) is 65.6 cm³/mol. The van der Waals surface area contributed by atoms with E-state index in [0.717, 1.165) is 0 Å². The quantitative estimate of drug-likeness (QED) is 0.806. The highest BCUT2D eigenvalue weighted by molar-refractivity contribution is 8.17. The van der Waals surface area contributed by atoms with Crippen molar-refractivity contribution in [3.8, 4) is 0 Å². The normalized spacial score (nSPS) is 15.4. The molecule has 0 spiro atoms. The van der Waals surface area contributed by atoms with Crippen LogP contribution in [-0.4, -0.2) is 18.4 Å². The second kappa shape index (κ2) is 4.91. The van der Waals surface area contributed by atoms with Crippen LogP contribution < -0.4 is 0 Å². The van der Waals surface area contributed by atoms with Gasteiger partial charge >= 0.3 is 9.24 Å². The smallest absolute Gasteiger partial charge is 0.244 e. The van der Waals surface area contributed by atoms with Crippen molar-refractivity contribution in [1.29, 1.82) is 0 Å². The average Bonchev–Trinajstić information content (AvgIpc) is 2.16. The standard InChI is InChI=1S/C8H9Cl2NO3S2/c1-2-15(12,11-16(10,13)14)8-5-3-7(9)4-6-8/h3-6H,2H2,1H3/t15-/m1/s1. The van der Waals surface area contributed by atoms with Crippen molar-refractivity contribution in [2.45, 2.75) is 11.8 Å². The number of benzene rings is 1. The number of halogens is 2. The maximum Gasteiger partial charge on any atom is 0.347 e. The Balaban J connectivity index is 3.43. The predicted octanol–water partition coefficient (Wildman–Crippen LogP) is 2.67. The van der Waals surface area contributed by atoms with Gasteiger partial charge < -0.3 is 0 Å². The van der Waals surface area contributed by atoms with Gasteiger partial charge in [0.25, 0.3) is 0 Å². The van der Waals surface area contributed by atoms with Crippen LogP contribution in [0.1, 0.15) is 6.92 Å². The monoisotopic (exact) mass is 301 g/mol. The molecule has 4 nitrogen and oxygen atoms in total. The lowest BCUT2D eigenvalue weighted by Gasteiger charge is -2.06. The van der Waals surface area contributed by atoms with Crippen LogP contribution in [0.25, 0.3) is 0 Å². The molecule has 0 unspecified atom stereocenters. The fraction of sp³-hybridized carbons (Fsp3) is 0.250. The summed E-state index contributed by atoms with van der Waals surface area (Å²) in [5, 5.41) is 0.468. The second-order valence-corrected chi connectivity index (χ2v) is 8.23. The van der Waals surface area contributed by atoms with E-state index in [1.165, 1.54) is 24.3 Å². The average molecular weight is 302 g/mol. The van der Waals surface area contributed by atoms with E-state index in [-0.39, 0.29) is 5.75 Å². The molecule has 0 N–H and O–H groups in total. The van der Waals surface area contributed by atoms with Crippen LogP contribution in [-0.2, 0) is 19.0 Å². The molecule has 0 aliphatic heterocycles. The molecular formula is C8H9Cl2NO3S2. The first-order valence-electron chi connectivity index (χ1n) is 4.23. The van der Waals surface area contributed by atoms with E-state index in [4.69, 9.17) is 22.3 Å². The Kier molecular flexibility index (Phi) is 4.23. The maximum atomic E-state index is 12.2. The van der Waals surface area contributed by atoms with Gasteiger partial charge in [0.15, 0.2) is 0 Å². The zero-order valence-electron chi connectivity index (χ0n) is 8.26. The molecule has 1 rings (SSSR count). The van der Waals surface area contributed by atoms with Crippen molar-refractivity contribution < 1.29 is 12.6 Å². The molecule has 1 aromatic carbocycles. The highest BCUT2D eigenvalue weighted by Gasteiger charge is 2.14. The highest BCUT2D eigenvalue weighted by atomic mass is 35.7. The molecule has 0 fully saturated rings. The van der Waals surface area contributed by atoms with Gasteiger partial charge in [-0.2, -0.15) is 8.42 Å². The molecular weight excluding hydrogens is 293 g/mol. The van der Waals surface area contributed by atoms with E-state index in [1.807, 2.05) is 0 Å². The van der Waals surface area contributed by atoms with Crippen LogP contribution in [0.4, 0.5) is 0 Å². The van der Waals surface area contributed by atoms with Crippen LogP contribution in [0, 0.1) is 0 Å². The van der Waals surface area contributed by atoms with Crippen LogP contribution in [0.3, 0.4) is 0 Å². The van der Waals surface area contributed by atoms with Gasteiger partial charge in [-0.3, -0.25) is 0 Å². The highest BCUT2D eigenvalue weighted by Crippen LogP contribution is 2.19. The minimum Gasteiger partial charge on any atom is -0.244 e. The first kappa shape index (κ1) is 13.8. The first-order chi connectivity index (χ1) is 7.27. The second-order valence-electron chi connectivity index (χ2n) is 2.87. The Morgan fingerprint density at radius 1 is 1.19 bits per heavy atom. The number of hydrogen-bond donors (Lipinski definition) is 0. The Morgan fingerprint density at radius 3 is 2.06 bits per heavy atom. The maximum absolute atomic E-state index is 12.2. The zero-order chi connectivity index (χ0) is 12.4. The molecule has 90 valence electrons. The van der Waals surface area contributed by atoms with Gasteiger partial charge in [0, 0.05) is 26.4 Å². The molecule has 8 heteroatoms. The lowest BCUT2D eigenvalue weighted by atomic mass is 10.4. The van der Waals surface area contributed by atoms with E-state index < -0.39 is 19.0 Å². The molecule has 16 heavy (non-hydrogen) atoms. The Bertz CT molecular complexity index is 586. The third kappa shape index (κ3) is 3.62. The van der Waals surface area contributed by atoms with Crippen molar-refractivity contribution in [3.63, 3.8) is 0 Å². The molecule has 0 aromatic heterocycles. The van der Waals surface area contributed by atoms with Gasteiger partial charge in [0.2, 0.25) is 0 Å². The largest absolute Gasteiger partial charge is 0.347 e. The van der Waals surface area contributed by atoms with Crippen LogP contribution >= 0.6 is 22.3 Å². The van der Waals surface area contributed by atoms with Gasteiger partial charge in [-0.1, -0.05) is 22.3 Å². The van der Waals surface area contributed by atoms with E-state index >= 15 is 0 Å². The molecule has 0 amide bonds. The van der Waals surface area contributed by atoms with Gasteiger partial charge in [-0.05, 0) is 24.3 Å². The number of nitrogens with zero attached hydrogens (tertiary/aromatic N) is 1. The first-order valence-corrected chi connectivity index (χ1v) is 8.56. The fourth-order valence-electron chi connectivity index (χ4n) is 1.05. The van der Waals surface area contributed by atoms with Crippen molar-refractivity contribution in [2.75, 3.05) is 5.75 Å². The molecule has 1 atom stereocenters. The van der Waals surface area contributed by atoms with Crippen molar-refractivity contribution >= 4 is 41.2 Å². The SMILES string of the molecule is CC[S@](=O)(=NS(=O)(=O)Cl)c1ccc(Cl)cc1. The summed E-state index contributed by atoms with van der Waals surface area (Å²) in [7, 11) is -2.22. The summed E-state index contributed by atoms with van der Waals surface area (Å²) < 4.78 is 37.1. The summed E-state index contributed by atoms with van der Waals surface area (Å²) in [4.78, 5) is 0.295. The Labute approximate surface area is 104 Å². The number of rotatable bonds is 3. The molecule has 1 aromatic rings. The lowest BCUT2D eigenvalue weighted by Crippen LogP contribution is -2.05. The van der Waals surface area contributed by atoms with Crippen molar-refractivity contribution in [1.82, 2.24) is 0 Å².